The van der Waals surface area contributed by atoms with Gasteiger partial charge in [0, 0.05) is 16.9 Å². The Hall–Kier alpha value is -0.750. The van der Waals surface area contributed by atoms with Crippen LogP contribution in [0.5, 0.6) is 0 Å². The second kappa shape index (κ2) is 5.56. The molecule has 0 radical (unpaired) electrons. The van der Waals surface area contributed by atoms with Crippen LogP contribution in [0.3, 0.4) is 0 Å². The lowest BCUT2D eigenvalue weighted by Crippen LogP contribution is -2.27. The maximum Gasteiger partial charge on any atom is 0.230 e. The minimum Gasteiger partial charge on any atom is -0.353 e. The summed E-state index contributed by atoms with van der Waals surface area (Å²) in [5.74, 6) is 1.81. The van der Waals surface area contributed by atoms with E-state index in [4.69, 9.17) is 0 Å². The molecule has 1 amide bonds. The van der Waals surface area contributed by atoms with E-state index in [0.717, 1.165) is 28.7 Å². The zero-order valence-corrected chi connectivity index (χ0v) is 13.6. The molecule has 0 aromatic carbocycles. The lowest BCUT2D eigenvalue weighted by atomic mass is 10.0. The van der Waals surface area contributed by atoms with E-state index in [9.17, 15) is 4.79 Å². The van der Waals surface area contributed by atoms with E-state index >= 15 is 0 Å². The Morgan fingerprint density at radius 2 is 2.15 bits per heavy atom. The number of aryl methyl sites for hydroxylation is 1. The third-order valence-electron chi connectivity index (χ3n) is 3.73. The fraction of sp³-hybridized carbons (Fsp3) is 0.643. The van der Waals surface area contributed by atoms with Crippen LogP contribution in [0.15, 0.2) is 10.1 Å². The highest BCUT2D eigenvalue weighted by Crippen LogP contribution is 2.47. The lowest BCUT2D eigenvalue weighted by Gasteiger charge is -2.12. The third-order valence-corrected chi connectivity index (χ3v) is 6.03. The van der Waals surface area contributed by atoms with Gasteiger partial charge in [-0.2, -0.15) is 0 Å². The van der Waals surface area contributed by atoms with Crippen LogP contribution in [0, 0.1) is 6.92 Å². The van der Waals surface area contributed by atoms with E-state index in [1.165, 1.54) is 5.56 Å². The number of nitrogens with zero attached hydrogens (tertiary/aromatic N) is 2. The van der Waals surface area contributed by atoms with Gasteiger partial charge in [-0.25, -0.2) is 9.97 Å². The fourth-order valence-electron chi connectivity index (χ4n) is 2.26. The van der Waals surface area contributed by atoms with Crippen molar-refractivity contribution in [3.8, 4) is 0 Å². The van der Waals surface area contributed by atoms with Crippen LogP contribution in [-0.4, -0.2) is 32.9 Å². The van der Waals surface area contributed by atoms with Gasteiger partial charge in [-0.05, 0) is 25.7 Å². The number of hydrogen-bond donors (Lipinski definition) is 1. The number of carbonyl (C=O) groups is 1. The predicted octanol–water partition coefficient (Wildman–Crippen LogP) is 2.75. The van der Waals surface area contributed by atoms with Crippen molar-refractivity contribution in [2.24, 2.45) is 0 Å². The molecule has 0 saturated heterocycles. The molecule has 1 aromatic heterocycles. The molecule has 6 heteroatoms. The van der Waals surface area contributed by atoms with Crippen molar-refractivity contribution in [3.05, 3.63) is 11.4 Å². The standard InChI is InChI=1S/C14H19N3OS2/c1-7-8(2)20-14-12(7)13(15-9(3)16-14)19-6-11(18)17-10-4-5-10/h7-8,10H,4-6H2,1-3H3,(H,17,18)/t7-,8-/m0/s1. The maximum atomic E-state index is 11.8. The molecular formula is C14H19N3OS2. The van der Waals surface area contributed by atoms with Gasteiger partial charge in [-0.15, -0.1) is 11.8 Å². The summed E-state index contributed by atoms with van der Waals surface area (Å²) in [5.41, 5.74) is 1.23. The molecule has 0 bridgehead atoms. The van der Waals surface area contributed by atoms with Crippen molar-refractivity contribution in [3.63, 3.8) is 0 Å². The molecule has 1 aliphatic carbocycles. The van der Waals surface area contributed by atoms with Gasteiger partial charge < -0.3 is 5.32 Å². The summed E-state index contributed by atoms with van der Waals surface area (Å²) in [7, 11) is 0. The molecule has 2 heterocycles. The molecule has 1 aliphatic heterocycles. The molecule has 3 rings (SSSR count). The Kier molecular flexibility index (Phi) is 3.95. The summed E-state index contributed by atoms with van der Waals surface area (Å²) < 4.78 is 0. The van der Waals surface area contributed by atoms with Crippen LogP contribution in [0.1, 0.15) is 44.0 Å². The highest BCUT2D eigenvalue weighted by atomic mass is 32.2. The molecule has 0 unspecified atom stereocenters. The summed E-state index contributed by atoms with van der Waals surface area (Å²) in [6, 6.07) is 0.426. The highest BCUT2D eigenvalue weighted by molar-refractivity contribution is 8.01. The zero-order valence-electron chi connectivity index (χ0n) is 12.0. The van der Waals surface area contributed by atoms with Crippen LogP contribution in [-0.2, 0) is 4.79 Å². The summed E-state index contributed by atoms with van der Waals surface area (Å²) in [6.45, 7) is 6.36. The first-order chi connectivity index (χ1) is 9.54. The number of carbonyl (C=O) groups excluding carboxylic acids is 1. The van der Waals surface area contributed by atoms with Gasteiger partial charge in [-0.3, -0.25) is 4.79 Å². The average molecular weight is 309 g/mol. The summed E-state index contributed by atoms with van der Waals surface area (Å²) in [5, 5.41) is 5.63. The Morgan fingerprint density at radius 1 is 1.40 bits per heavy atom. The molecule has 1 aromatic rings. The van der Waals surface area contributed by atoms with Crippen molar-refractivity contribution in [2.45, 2.75) is 60.9 Å². The van der Waals surface area contributed by atoms with Gasteiger partial charge in [0.25, 0.3) is 0 Å². The minimum atomic E-state index is 0.119. The van der Waals surface area contributed by atoms with Crippen LogP contribution in [0.4, 0.5) is 0 Å². The third kappa shape index (κ3) is 2.96. The smallest absolute Gasteiger partial charge is 0.230 e. The van der Waals surface area contributed by atoms with E-state index < -0.39 is 0 Å². The SMILES string of the molecule is Cc1nc(SCC(=O)NC2CC2)c2c(n1)S[C@@H](C)[C@@H]2C. The van der Waals surface area contributed by atoms with Crippen molar-refractivity contribution >= 4 is 29.4 Å². The van der Waals surface area contributed by atoms with Crippen molar-refractivity contribution in [1.29, 1.82) is 0 Å². The maximum absolute atomic E-state index is 11.8. The van der Waals surface area contributed by atoms with Gasteiger partial charge in [0.15, 0.2) is 0 Å². The Labute approximate surface area is 127 Å². The van der Waals surface area contributed by atoms with E-state index in [2.05, 4.69) is 29.1 Å². The summed E-state index contributed by atoms with van der Waals surface area (Å²) in [6.07, 6.45) is 2.26. The Morgan fingerprint density at radius 3 is 2.85 bits per heavy atom. The van der Waals surface area contributed by atoms with Gasteiger partial charge in [0.2, 0.25) is 5.91 Å². The Bertz CT molecular complexity index is 545. The molecule has 0 spiro atoms. The summed E-state index contributed by atoms with van der Waals surface area (Å²) >= 11 is 3.36. The second-order valence-corrected chi connectivity index (χ2v) is 7.87. The molecule has 2 aliphatic rings. The predicted molar refractivity (Wildman–Crippen MR) is 82.4 cm³/mol. The topological polar surface area (TPSA) is 54.9 Å². The number of rotatable bonds is 4. The van der Waals surface area contributed by atoms with Crippen molar-refractivity contribution in [1.82, 2.24) is 15.3 Å². The zero-order chi connectivity index (χ0) is 14.3. The summed E-state index contributed by atoms with van der Waals surface area (Å²) in [4.78, 5) is 20.9. The molecule has 108 valence electrons. The van der Waals surface area contributed by atoms with E-state index in [1.807, 2.05) is 18.7 Å². The molecule has 1 saturated carbocycles. The van der Waals surface area contributed by atoms with Crippen LogP contribution in [0.2, 0.25) is 0 Å². The molecule has 2 atom stereocenters. The first-order valence-corrected chi connectivity index (χ1v) is 8.88. The average Bonchev–Trinajstić information content (AvgIpc) is 3.14. The number of thioether (sulfide) groups is 2. The molecule has 4 nitrogen and oxygen atoms in total. The van der Waals surface area contributed by atoms with E-state index in [0.29, 0.717) is 23.0 Å². The van der Waals surface area contributed by atoms with E-state index in [-0.39, 0.29) is 5.91 Å². The second-order valence-electron chi connectivity index (χ2n) is 5.54. The molecule has 1 fully saturated rings. The molecule has 20 heavy (non-hydrogen) atoms. The van der Waals surface area contributed by atoms with Crippen LogP contribution >= 0.6 is 23.5 Å². The van der Waals surface area contributed by atoms with Crippen molar-refractivity contribution < 1.29 is 4.79 Å². The quantitative estimate of drug-likeness (QED) is 0.684. The number of aromatic nitrogens is 2. The van der Waals surface area contributed by atoms with Crippen LogP contribution in [0.25, 0.3) is 0 Å². The van der Waals surface area contributed by atoms with Gasteiger partial charge in [-0.1, -0.05) is 25.6 Å². The normalized spacial score (nSPS) is 24.6. The van der Waals surface area contributed by atoms with E-state index in [1.54, 1.807) is 11.8 Å². The monoisotopic (exact) mass is 309 g/mol. The fourth-order valence-corrected chi connectivity index (χ4v) is 4.60. The van der Waals surface area contributed by atoms with Crippen molar-refractivity contribution in [2.75, 3.05) is 5.75 Å². The molecule has 1 N–H and O–H groups in total. The highest BCUT2D eigenvalue weighted by Gasteiger charge is 2.32. The Balaban J connectivity index is 1.74. The number of nitrogens with one attached hydrogen (secondary N) is 1. The first kappa shape index (κ1) is 14.2. The number of fused-ring (bicyclic) bond motifs is 1. The first-order valence-electron chi connectivity index (χ1n) is 7.02. The van der Waals surface area contributed by atoms with Gasteiger partial charge in [0.1, 0.15) is 15.9 Å². The van der Waals surface area contributed by atoms with Crippen LogP contribution < -0.4 is 5.32 Å². The minimum absolute atomic E-state index is 0.119. The van der Waals surface area contributed by atoms with Gasteiger partial charge in [0.05, 0.1) is 5.75 Å². The van der Waals surface area contributed by atoms with Gasteiger partial charge >= 0.3 is 0 Å². The molecular weight excluding hydrogens is 290 g/mol. The number of hydrogen-bond acceptors (Lipinski definition) is 5. The largest absolute Gasteiger partial charge is 0.353 e. The lowest BCUT2D eigenvalue weighted by molar-refractivity contribution is -0.118. The number of amides is 1.